The Bertz CT molecular complexity index is 772. The smallest absolute Gasteiger partial charge is 0.258 e. The van der Waals surface area contributed by atoms with Gasteiger partial charge in [0.1, 0.15) is 0 Å². The predicted octanol–water partition coefficient (Wildman–Crippen LogP) is 3.98. The molecule has 0 radical (unpaired) electrons. The van der Waals surface area contributed by atoms with E-state index in [1.165, 1.54) is 0 Å². The van der Waals surface area contributed by atoms with Crippen LogP contribution >= 0.6 is 15.9 Å². The molecule has 0 aromatic heterocycles. The molecule has 0 aliphatic rings. The van der Waals surface area contributed by atoms with E-state index in [4.69, 9.17) is 14.7 Å². The summed E-state index contributed by atoms with van der Waals surface area (Å²) in [6.45, 7) is 4.03. The van der Waals surface area contributed by atoms with Crippen molar-refractivity contribution in [2.45, 2.75) is 19.9 Å². The van der Waals surface area contributed by atoms with Gasteiger partial charge in [0.05, 0.1) is 28.8 Å². The molecule has 0 aliphatic carbocycles. The zero-order valence-corrected chi connectivity index (χ0v) is 15.7. The van der Waals surface area contributed by atoms with Crippen LogP contribution in [0.1, 0.15) is 31.0 Å². The second-order valence-corrected chi connectivity index (χ2v) is 6.17. The van der Waals surface area contributed by atoms with Crippen LogP contribution in [-0.2, 0) is 4.79 Å². The van der Waals surface area contributed by atoms with Crippen molar-refractivity contribution >= 4 is 21.8 Å². The molecule has 6 heteroatoms. The number of carbonyl (C=O) groups is 1. The average molecular weight is 403 g/mol. The molecule has 0 unspecified atom stereocenters. The molecular formula is C19H19BrN2O3. The summed E-state index contributed by atoms with van der Waals surface area (Å²) in [4.78, 5) is 12.2. The molecule has 0 bridgehead atoms. The third kappa shape index (κ3) is 5.23. The fourth-order valence-corrected chi connectivity index (χ4v) is 2.84. The Balaban J connectivity index is 2.03. The minimum absolute atomic E-state index is 0.118. The summed E-state index contributed by atoms with van der Waals surface area (Å²) in [6, 6.07) is 14.9. The molecule has 0 saturated heterocycles. The molecule has 0 saturated carbocycles. The molecule has 1 atom stereocenters. The van der Waals surface area contributed by atoms with E-state index in [2.05, 4.69) is 27.3 Å². The highest BCUT2D eigenvalue weighted by Crippen LogP contribution is 2.36. The van der Waals surface area contributed by atoms with Gasteiger partial charge in [0.25, 0.3) is 5.91 Å². The summed E-state index contributed by atoms with van der Waals surface area (Å²) in [5.74, 6) is 0.593. The second-order valence-electron chi connectivity index (χ2n) is 5.32. The molecular weight excluding hydrogens is 384 g/mol. The monoisotopic (exact) mass is 402 g/mol. The Morgan fingerprint density at radius 3 is 2.64 bits per heavy atom. The number of hydrogen-bond acceptors (Lipinski definition) is 4. The van der Waals surface area contributed by atoms with Gasteiger partial charge in [-0.2, -0.15) is 5.26 Å². The number of halogens is 1. The largest absolute Gasteiger partial charge is 0.490 e. The van der Waals surface area contributed by atoms with Gasteiger partial charge in [-0.05, 0) is 41.4 Å². The highest BCUT2D eigenvalue weighted by Gasteiger charge is 2.15. The molecule has 2 rings (SSSR count). The molecule has 2 aromatic rings. The van der Waals surface area contributed by atoms with Crippen LogP contribution in [0.25, 0.3) is 0 Å². The van der Waals surface area contributed by atoms with Crippen LogP contribution in [0, 0.1) is 11.3 Å². The minimum Gasteiger partial charge on any atom is -0.490 e. The maximum Gasteiger partial charge on any atom is 0.258 e. The molecule has 5 nitrogen and oxygen atoms in total. The number of amides is 1. The summed E-state index contributed by atoms with van der Waals surface area (Å²) < 4.78 is 11.7. The number of rotatable bonds is 7. The van der Waals surface area contributed by atoms with Crippen LogP contribution in [0.2, 0.25) is 0 Å². The summed E-state index contributed by atoms with van der Waals surface area (Å²) in [5.41, 5.74) is 1.47. The van der Waals surface area contributed by atoms with Crippen molar-refractivity contribution in [3.05, 3.63) is 58.1 Å². The zero-order chi connectivity index (χ0) is 18.2. The average Bonchev–Trinajstić information content (AvgIpc) is 2.61. The molecule has 0 heterocycles. The second kappa shape index (κ2) is 9.09. The van der Waals surface area contributed by atoms with Crippen molar-refractivity contribution in [2.75, 3.05) is 13.2 Å². The topological polar surface area (TPSA) is 71.3 Å². The lowest BCUT2D eigenvalue weighted by Gasteiger charge is -2.16. The van der Waals surface area contributed by atoms with Gasteiger partial charge in [-0.25, -0.2) is 0 Å². The molecule has 0 fully saturated rings. The first-order valence-corrected chi connectivity index (χ1v) is 8.68. The van der Waals surface area contributed by atoms with Crippen molar-refractivity contribution in [1.82, 2.24) is 5.32 Å². The van der Waals surface area contributed by atoms with Crippen LogP contribution in [0.4, 0.5) is 0 Å². The van der Waals surface area contributed by atoms with E-state index in [1.807, 2.05) is 44.2 Å². The van der Waals surface area contributed by atoms with E-state index >= 15 is 0 Å². The van der Waals surface area contributed by atoms with Crippen LogP contribution in [0.5, 0.6) is 11.5 Å². The number of hydrogen-bond donors (Lipinski definition) is 1. The summed E-state index contributed by atoms with van der Waals surface area (Å²) >= 11 is 3.36. The zero-order valence-electron chi connectivity index (χ0n) is 14.1. The van der Waals surface area contributed by atoms with Gasteiger partial charge in [-0.15, -0.1) is 0 Å². The van der Waals surface area contributed by atoms with E-state index in [9.17, 15) is 4.79 Å². The highest BCUT2D eigenvalue weighted by atomic mass is 79.9. The number of benzene rings is 2. The van der Waals surface area contributed by atoms with Gasteiger partial charge in [0, 0.05) is 6.07 Å². The third-order valence-corrected chi connectivity index (χ3v) is 4.05. The Kier molecular flexibility index (Phi) is 6.84. The first-order valence-electron chi connectivity index (χ1n) is 7.88. The van der Waals surface area contributed by atoms with Crippen molar-refractivity contribution in [3.63, 3.8) is 0 Å². The Hall–Kier alpha value is -2.52. The van der Waals surface area contributed by atoms with E-state index in [-0.39, 0.29) is 18.6 Å². The normalized spacial score (nSPS) is 11.3. The predicted molar refractivity (Wildman–Crippen MR) is 98.5 cm³/mol. The van der Waals surface area contributed by atoms with Gasteiger partial charge < -0.3 is 14.8 Å². The Morgan fingerprint density at radius 1 is 1.28 bits per heavy atom. The minimum atomic E-state index is -0.241. The first kappa shape index (κ1) is 18.8. The third-order valence-electron chi connectivity index (χ3n) is 3.46. The van der Waals surface area contributed by atoms with Crippen LogP contribution < -0.4 is 14.8 Å². The van der Waals surface area contributed by atoms with Crippen molar-refractivity contribution in [2.24, 2.45) is 0 Å². The lowest BCUT2D eigenvalue weighted by Crippen LogP contribution is -2.31. The molecule has 2 aromatic carbocycles. The molecule has 1 N–H and O–H groups in total. The molecule has 130 valence electrons. The van der Waals surface area contributed by atoms with E-state index in [0.29, 0.717) is 28.1 Å². The van der Waals surface area contributed by atoms with Crippen LogP contribution in [0.15, 0.2) is 46.9 Å². The van der Waals surface area contributed by atoms with E-state index in [0.717, 1.165) is 5.56 Å². The standard InChI is InChI=1S/C19H19BrN2O3/c1-3-24-17-10-14(11-21)9-16(20)19(17)25-12-18(23)22-13(2)15-7-5-4-6-8-15/h4-10,13H,3,12H2,1-2H3,(H,22,23)/t13-/m0/s1. The van der Waals surface area contributed by atoms with Crippen molar-refractivity contribution in [1.29, 1.82) is 5.26 Å². The Labute approximate surface area is 155 Å². The molecule has 25 heavy (non-hydrogen) atoms. The quantitative estimate of drug-likeness (QED) is 0.759. The summed E-state index contributed by atoms with van der Waals surface area (Å²) in [7, 11) is 0. The number of nitriles is 1. The van der Waals surface area contributed by atoms with Gasteiger partial charge >= 0.3 is 0 Å². The number of nitrogens with zero attached hydrogens (tertiary/aromatic N) is 1. The van der Waals surface area contributed by atoms with Gasteiger partial charge in [-0.1, -0.05) is 30.3 Å². The lowest BCUT2D eigenvalue weighted by molar-refractivity contribution is -0.123. The van der Waals surface area contributed by atoms with E-state index in [1.54, 1.807) is 12.1 Å². The number of carbonyl (C=O) groups excluding carboxylic acids is 1. The van der Waals surface area contributed by atoms with Crippen molar-refractivity contribution in [3.8, 4) is 17.6 Å². The number of nitrogens with one attached hydrogen (secondary N) is 1. The highest BCUT2D eigenvalue weighted by molar-refractivity contribution is 9.10. The summed E-state index contributed by atoms with van der Waals surface area (Å²) in [6.07, 6.45) is 0. The maximum absolute atomic E-state index is 12.2. The van der Waals surface area contributed by atoms with E-state index < -0.39 is 0 Å². The molecule has 1 amide bonds. The van der Waals surface area contributed by atoms with Crippen molar-refractivity contribution < 1.29 is 14.3 Å². The van der Waals surface area contributed by atoms with Gasteiger partial charge in [0.15, 0.2) is 18.1 Å². The SMILES string of the molecule is CCOc1cc(C#N)cc(Br)c1OCC(=O)N[C@@H](C)c1ccccc1. The van der Waals surface area contributed by atoms with Gasteiger partial charge in [0.2, 0.25) is 0 Å². The maximum atomic E-state index is 12.2. The fourth-order valence-electron chi connectivity index (χ4n) is 2.28. The van der Waals surface area contributed by atoms with Crippen LogP contribution in [-0.4, -0.2) is 19.1 Å². The van der Waals surface area contributed by atoms with Crippen LogP contribution in [0.3, 0.4) is 0 Å². The Morgan fingerprint density at radius 2 is 2.00 bits per heavy atom. The fraction of sp³-hybridized carbons (Fsp3) is 0.263. The number of ether oxygens (including phenoxy) is 2. The first-order chi connectivity index (χ1) is 12.0. The molecule has 0 aliphatic heterocycles. The van der Waals surface area contributed by atoms with Gasteiger partial charge in [-0.3, -0.25) is 4.79 Å². The lowest BCUT2D eigenvalue weighted by atomic mass is 10.1. The summed E-state index contributed by atoms with van der Waals surface area (Å²) in [5, 5.41) is 11.9. The molecule has 0 spiro atoms.